The van der Waals surface area contributed by atoms with Crippen molar-refractivity contribution in [2.75, 3.05) is 0 Å². The van der Waals surface area contributed by atoms with E-state index >= 15 is 0 Å². The third kappa shape index (κ3) is 0.443. The van der Waals surface area contributed by atoms with E-state index in [1.165, 1.54) is 0 Å². The van der Waals surface area contributed by atoms with Crippen LogP contribution < -0.4 is 5.73 Å². The van der Waals surface area contributed by atoms with Crippen molar-refractivity contribution in [3.63, 3.8) is 0 Å². The molecule has 2 bridgehead atoms. The predicted octanol–water partition coefficient (Wildman–Crippen LogP) is 0.390. The number of hydrogen-bond acceptors (Lipinski definition) is 2. The molecule has 2 rings (SSSR count). The largest absolute Gasteiger partial charge is 0.350 e. The summed E-state index contributed by atoms with van der Waals surface area (Å²) in [6.45, 7) is 0. The minimum absolute atomic E-state index is 0.333. The van der Waals surface area contributed by atoms with E-state index in [1.54, 1.807) is 0 Å². The third-order valence-electron chi connectivity index (χ3n) is 1.78. The van der Waals surface area contributed by atoms with E-state index in [2.05, 4.69) is 0 Å². The molecule has 0 saturated carbocycles. The van der Waals surface area contributed by atoms with Gasteiger partial charge < -0.3 is 10.5 Å². The fourth-order valence-corrected chi connectivity index (χ4v) is 1.30. The Morgan fingerprint density at radius 2 is 2.62 bits per heavy atom. The van der Waals surface area contributed by atoms with Crippen molar-refractivity contribution in [2.24, 2.45) is 5.73 Å². The highest BCUT2D eigenvalue weighted by Crippen LogP contribution is 2.33. The van der Waals surface area contributed by atoms with Gasteiger partial charge in [-0.15, -0.1) is 0 Å². The maximum Gasteiger partial charge on any atom is 0.136 e. The van der Waals surface area contributed by atoms with Crippen LogP contribution in [0.1, 0.15) is 12.8 Å². The lowest BCUT2D eigenvalue weighted by Gasteiger charge is -2.13. The fourth-order valence-electron chi connectivity index (χ4n) is 1.30. The molecule has 44 valence electrons. The summed E-state index contributed by atoms with van der Waals surface area (Å²) < 4.78 is 5.33. The van der Waals surface area contributed by atoms with Crippen LogP contribution in [0.15, 0.2) is 12.2 Å². The molecule has 2 atom stereocenters. The zero-order valence-corrected chi connectivity index (χ0v) is 4.63. The van der Waals surface area contributed by atoms with E-state index in [1.807, 2.05) is 12.2 Å². The van der Waals surface area contributed by atoms with Gasteiger partial charge in [0.15, 0.2) is 0 Å². The van der Waals surface area contributed by atoms with E-state index in [-0.39, 0.29) is 5.72 Å². The van der Waals surface area contributed by atoms with Gasteiger partial charge in [0.25, 0.3) is 0 Å². The molecule has 1 saturated heterocycles. The Morgan fingerprint density at radius 3 is 2.75 bits per heavy atom. The first-order valence-electron chi connectivity index (χ1n) is 2.95. The van der Waals surface area contributed by atoms with Crippen LogP contribution >= 0.6 is 0 Å². The molecular formula is C6H9NO. The third-order valence-corrected chi connectivity index (χ3v) is 1.78. The Balaban J connectivity index is 2.33. The second-order valence-electron chi connectivity index (χ2n) is 2.51. The smallest absolute Gasteiger partial charge is 0.136 e. The summed E-state index contributed by atoms with van der Waals surface area (Å²) in [5, 5.41) is 0. The zero-order valence-electron chi connectivity index (χ0n) is 4.63. The number of nitrogens with two attached hydrogens (primary N) is 1. The van der Waals surface area contributed by atoms with Gasteiger partial charge in [0.1, 0.15) is 5.72 Å². The Hall–Kier alpha value is -0.340. The van der Waals surface area contributed by atoms with Gasteiger partial charge in [-0.1, -0.05) is 6.08 Å². The van der Waals surface area contributed by atoms with Crippen LogP contribution in [0, 0.1) is 0 Å². The summed E-state index contributed by atoms with van der Waals surface area (Å²) in [4.78, 5) is 0. The van der Waals surface area contributed by atoms with Crippen molar-refractivity contribution < 1.29 is 4.74 Å². The minimum atomic E-state index is -0.370. The summed E-state index contributed by atoms with van der Waals surface area (Å²) in [5.74, 6) is 0. The van der Waals surface area contributed by atoms with Crippen LogP contribution in [0.4, 0.5) is 0 Å². The molecule has 1 fully saturated rings. The first-order valence-corrected chi connectivity index (χ1v) is 2.95. The van der Waals surface area contributed by atoms with Crippen molar-refractivity contribution in [1.29, 1.82) is 0 Å². The van der Waals surface area contributed by atoms with Gasteiger partial charge in [-0.2, -0.15) is 0 Å². The molecule has 0 aromatic rings. The summed E-state index contributed by atoms with van der Waals surface area (Å²) in [7, 11) is 0. The molecule has 0 spiro atoms. The molecule has 0 aromatic carbocycles. The van der Waals surface area contributed by atoms with Crippen molar-refractivity contribution in [2.45, 2.75) is 24.7 Å². The lowest BCUT2D eigenvalue weighted by molar-refractivity contribution is 0.0374. The summed E-state index contributed by atoms with van der Waals surface area (Å²) in [6, 6.07) is 0. The van der Waals surface area contributed by atoms with Crippen LogP contribution in [-0.4, -0.2) is 11.8 Å². The molecule has 0 aromatic heterocycles. The Bertz CT molecular complexity index is 143. The Morgan fingerprint density at radius 1 is 1.75 bits per heavy atom. The van der Waals surface area contributed by atoms with Gasteiger partial charge in [-0.3, -0.25) is 0 Å². The number of hydrogen-bond donors (Lipinski definition) is 1. The van der Waals surface area contributed by atoms with Crippen molar-refractivity contribution in [3.05, 3.63) is 12.2 Å². The van der Waals surface area contributed by atoms with E-state index in [0.717, 1.165) is 12.8 Å². The maximum atomic E-state index is 5.69. The van der Waals surface area contributed by atoms with Crippen LogP contribution in [0.3, 0.4) is 0 Å². The van der Waals surface area contributed by atoms with E-state index < -0.39 is 0 Å². The van der Waals surface area contributed by atoms with E-state index in [4.69, 9.17) is 10.5 Å². The van der Waals surface area contributed by atoms with Crippen LogP contribution in [-0.2, 0) is 4.74 Å². The lowest BCUT2D eigenvalue weighted by Crippen LogP contribution is -2.34. The predicted molar refractivity (Wildman–Crippen MR) is 30.2 cm³/mol. The molecule has 2 aliphatic heterocycles. The summed E-state index contributed by atoms with van der Waals surface area (Å²) in [5.41, 5.74) is 5.32. The number of rotatable bonds is 0. The van der Waals surface area contributed by atoms with E-state index in [0.29, 0.717) is 6.10 Å². The van der Waals surface area contributed by atoms with Gasteiger partial charge >= 0.3 is 0 Å². The van der Waals surface area contributed by atoms with Crippen LogP contribution in [0.25, 0.3) is 0 Å². The molecule has 2 nitrogen and oxygen atoms in total. The van der Waals surface area contributed by atoms with Crippen molar-refractivity contribution in [1.82, 2.24) is 0 Å². The molecular weight excluding hydrogens is 102 g/mol. The van der Waals surface area contributed by atoms with Gasteiger partial charge in [-0.25, -0.2) is 0 Å². The van der Waals surface area contributed by atoms with Gasteiger partial charge in [-0.05, 0) is 18.9 Å². The lowest BCUT2D eigenvalue weighted by atomic mass is 10.0. The summed E-state index contributed by atoms with van der Waals surface area (Å²) in [6.07, 6.45) is 6.44. The summed E-state index contributed by atoms with van der Waals surface area (Å²) >= 11 is 0. The first-order chi connectivity index (χ1) is 3.79. The molecule has 0 aliphatic carbocycles. The Labute approximate surface area is 48.3 Å². The topological polar surface area (TPSA) is 35.2 Å². The maximum absolute atomic E-state index is 5.69. The average Bonchev–Trinajstić information content (AvgIpc) is 2.21. The second-order valence-corrected chi connectivity index (χ2v) is 2.51. The molecule has 2 N–H and O–H groups in total. The molecule has 2 aliphatic rings. The second kappa shape index (κ2) is 1.14. The van der Waals surface area contributed by atoms with Gasteiger partial charge in [0.2, 0.25) is 0 Å². The zero-order chi connectivity index (χ0) is 5.61. The van der Waals surface area contributed by atoms with Gasteiger partial charge in [0, 0.05) is 0 Å². The molecule has 2 unspecified atom stereocenters. The van der Waals surface area contributed by atoms with E-state index in [9.17, 15) is 0 Å². The minimum Gasteiger partial charge on any atom is -0.350 e. The normalized spacial score (nSPS) is 50.9. The molecule has 2 heterocycles. The molecule has 0 amide bonds. The standard InChI is InChI=1S/C6H9NO/c7-6-3-1-5(8-6)2-4-6/h1,3,5H,2,4,7H2. The Kier molecular flexibility index (Phi) is 0.648. The fraction of sp³-hybridized carbons (Fsp3) is 0.667. The number of ether oxygens (including phenoxy) is 1. The molecule has 8 heavy (non-hydrogen) atoms. The average molecular weight is 111 g/mol. The van der Waals surface area contributed by atoms with Crippen molar-refractivity contribution in [3.8, 4) is 0 Å². The highest BCUT2D eigenvalue weighted by atomic mass is 16.5. The number of fused-ring (bicyclic) bond motifs is 2. The first kappa shape index (κ1) is 4.53. The molecule has 2 heteroatoms. The quantitative estimate of drug-likeness (QED) is 0.459. The van der Waals surface area contributed by atoms with Crippen LogP contribution in [0.2, 0.25) is 0 Å². The highest BCUT2D eigenvalue weighted by Gasteiger charge is 2.37. The van der Waals surface area contributed by atoms with Crippen LogP contribution in [0.5, 0.6) is 0 Å². The highest BCUT2D eigenvalue weighted by molar-refractivity contribution is 5.14. The van der Waals surface area contributed by atoms with Gasteiger partial charge in [0.05, 0.1) is 6.10 Å². The molecule has 0 radical (unpaired) electrons. The SMILES string of the molecule is NC12C=CC(CC1)O2. The monoisotopic (exact) mass is 111 g/mol. The van der Waals surface area contributed by atoms with Crippen molar-refractivity contribution >= 4 is 0 Å².